The van der Waals surface area contributed by atoms with Gasteiger partial charge in [0.05, 0.1) is 6.42 Å². The van der Waals surface area contributed by atoms with E-state index in [1.54, 1.807) is 11.8 Å². The molecule has 0 aliphatic heterocycles. The van der Waals surface area contributed by atoms with Gasteiger partial charge in [-0.3, -0.25) is 4.79 Å². The van der Waals surface area contributed by atoms with Crippen LogP contribution in [0.3, 0.4) is 0 Å². The maximum Gasteiger partial charge on any atom is 0.306 e. The number of rotatable bonds is 6. The number of hydrogen-bond donors (Lipinski definition) is 0. The van der Waals surface area contributed by atoms with E-state index in [1.807, 2.05) is 30.3 Å². The van der Waals surface area contributed by atoms with E-state index in [0.29, 0.717) is 18.3 Å². The van der Waals surface area contributed by atoms with Crippen LogP contribution in [0.5, 0.6) is 0 Å². The molecule has 1 aromatic carbocycles. The number of thioether (sulfide) groups is 1. The highest BCUT2D eigenvalue weighted by atomic mass is 32.2. The van der Waals surface area contributed by atoms with Crippen LogP contribution in [0.15, 0.2) is 30.3 Å². The summed E-state index contributed by atoms with van der Waals surface area (Å²) in [7, 11) is 0. The first kappa shape index (κ1) is 13.1. The Morgan fingerprint density at radius 3 is 2.62 bits per heavy atom. The van der Waals surface area contributed by atoms with Crippen LogP contribution in [0.1, 0.15) is 25.8 Å². The summed E-state index contributed by atoms with van der Waals surface area (Å²) in [5.74, 6) is 0.725. The van der Waals surface area contributed by atoms with Crippen molar-refractivity contribution in [2.45, 2.75) is 32.1 Å². The fourth-order valence-corrected chi connectivity index (χ4v) is 1.94. The molecule has 3 heteroatoms. The number of hydrogen-bond acceptors (Lipinski definition) is 3. The average Bonchev–Trinajstić information content (AvgIpc) is 2.27. The fraction of sp³-hybridized carbons (Fsp3) is 0.462. The molecule has 0 N–H and O–H groups in total. The summed E-state index contributed by atoms with van der Waals surface area (Å²) < 4.78 is 5.16. The monoisotopic (exact) mass is 238 g/mol. The van der Waals surface area contributed by atoms with Crippen molar-refractivity contribution in [3.8, 4) is 0 Å². The summed E-state index contributed by atoms with van der Waals surface area (Å²) in [5.41, 5.74) is 1.03. The maximum absolute atomic E-state index is 11.4. The van der Waals surface area contributed by atoms with Crippen molar-refractivity contribution in [1.29, 1.82) is 0 Å². The van der Waals surface area contributed by atoms with Gasteiger partial charge in [0, 0.05) is 5.75 Å². The summed E-state index contributed by atoms with van der Waals surface area (Å²) in [6, 6.07) is 9.74. The van der Waals surface area contributed by atoms with E-state index in [-0.39, 0.29) is 5.97 Å². The first-order valence-electron chi connectivity index (χ1n) is 5.49. The molecule has 0 saturated heterocycles. The Balaban J connectivity index is 2.16. The quantitative estimate of drug-likeness (QED) is 0.712. The molecule has 0 radical (unpaired) electrons. The molecule has 2 nitrogen and oxygen atoms in total. The van der Waals surface area contributed by atoms with Crippen molar-refractivity contribution >= 4 is 17.7 Å². The van der Waals surface area contributed by atoms with Gasteiger partial charge in [0.1, 0.15) is 6.61 Å². The summed E-state index contributed by atoms with van der Waals surface area (Å²) >= 11 is 1.78. The summed E-state index contributed by atoms with van der Waals surface area (Å²) in [5, 5.41) is 0.571. The van der Waals surface area contributed by atoms with Crippen molar-refractivity contribution in [3.05, 3.63) is 35.9 Å². The maximum atomic E-state index is 11.4. The minimum absolute atomic E-state index is 0.114. The van der Waals surface area contributed by atoms with Crippen molar-refractivity contribution in [2.24, 2.45) is 0 Å². The number of esters is 1. The zero-order valence-corrected chi connectivity index (χ0v) is 10.6. The molecule has 1 rings (SSSR count). The highest BCUT2D eigenvalue weighted by Crippen LogP contribution is 2.11. The standard InChI is InChI=1S/C13H18O2S/c1-11(2)16-9-8-13(14)15-10-12-6-4-3-5-7-12/h3-7,11H,8-10H2,1-2H3. The van der Waals surface area contributed by atoms with Crippen molar-refractivity contribution in [2.75, 3.05) is 5.75 Å². The van der Waals surface area contributed by atoms with Crippen LogP contribution in [-0.2, 0) is 16.1 Å². The molecule has 0 heterocycles. The number of benzene rings is 1. The molecule has 1 aromatic rings. The van der Waals surface area contributed by atoms with Crippen LogP contribution in [0, 0.1) is 0 Å². The Morgan fingerprint density at radius 1 is 1.31 bits per heavy atom. The Kier molecular flexibility index (Phi) is 6.01. The second kappa shape index (κ2) is 7.34. The normalized spacial score (nSPS) is 10.4. The van der Waals surface area contributed by atoms with Gasteiger partial charge in [-0.1, -0.05) is 44.2 Å². The van der Waals surface area contributed by atoms with Crippen LogP contribution in [-0.4, -0.2) is 17.0 Å². The minimum atomic E-state index is -0.114. The lowest BCUT2D eigenvalue weighted by molar-refractivity contribution is -0.144. The largest absolute Gasteiger partial charge is 0.461 e. The third-order valence-corrected chi connectivity index (χ3v) is 3.11. The van der Waals surface area contributed by atoms with Gasteiger partial charge < -0.3 is 4.74 Å². The van der Waals surface area contributed by atoms with E-state index >= 15 is 0 Å². The highest BCUT2D eigenvalue weighted by Gasteiger charge is 2.04. The molecule has 0 atom stereocenters. The predicted molar refractivity (Wildman–Crippen MR) is 68.4 cm³/mol. The molecule has 0 unspecified atom stereocenters. The molecule has 0 aromatic heterocycles. The van der Waals surface area contributed by atoms with E-state index in [0.717, 1.165) is 11.3 Å². The Hall–Kier alpha value is -0.960. The van der Waals surface area contributed by atoms with Gasteiger partial charge in [-0.15, -0.1) is 0 Å². The van der Waals surface area contributed by atoms with Crippen molar-refractivity contribution in [3.63, 3.8) is 0 Å². The first-order chi connectivity index (χ1) is 7.68. The fourth-order valence-electron chi connectivity index (χ4n) is 1.19. The molecular formula is C13H18O2S. The topological polar surface area (TPSA) is 26.3 Å². The number of carbonyl (C=O) groups excluding carboxylic acids is 1. The smallest absolute Gasteiger partial charge is 0.306 e. The van der Waals surface area contributed by atoms with Crippen molar-refractivity contribution in [1.82, 2.24) is 0 Å². The molecule has 0 spiro atoms. The Bertz CT molecular complexity index is 309. The summed E-state index contributed by atoms with van der Waals surface area (Å²) in [4.78, 5) is 11.4. The third-order valence-electron chi connectivity index (χ3n) is 2.00. The van der Waals surface area contributed by atoms with Gasteiger partial charge in [0.2, 0.25) is 0 Å². The van der Waals surface area contributed by atoms with Gasteiger partial charge in [-0.05, 0) is 10.8 Å². The molecule has 0 saturated carbocycles. The Labute approximate surface area is 101 Å². The third kappa shape index (κ3) is 5.81. The second-order valence-electron chi connectivity index (χ2n) is 3.82. The van der Waals surface area contributed by atoms with Crippen LogP contribution in [0.2, 0.25) is 0 Å². The van der Waals surface area contributed by atoms with E-state index < -0.39 is 0 Å². The zero-order chi connectivity index (χ0) is 11.8. The van der Waals surface area contributed by atoms with E-state index in [2.05, 4.69) is 13.8 Å². The molecule has 0 amide bonds. The minimum Gasteiger partial charge on any atom is -0.461 e. The van der Waals surface area contributed by atoms with Gasteiger partial charge in [0.15, 0.2) is 0 Å². The number of carbonyl (C=O) groups is 1. The van der Waals surface area contributed by atoms with E-state index in [1.165, 1.54) is 0 Å². The lowest BCUT2D eigenvalue weighted by Crippen LogP contribution is -2.06. The lowest BCUT2D eigenvalue weighted by atomic mass is 10.2. The van der Waals surface area contributed by atoms with Gasteiger partial charge >= 0.3 is 5.97 Å². The molecular weight excluding hydrogens is 220 g/mol. The van der Waals surface area contributed by atoms with Gasteiger partial charge in [-0.2, -0.15) is 11.8 Å². The summed E-state index contributed by atoms with van der Waals surface area (Å²) in [6.45, 7) is 4.63. The SMILES string of the molecule is CC(C)SCCC(=O)OCc1ccccc1. The zero-order valence-electron chi connectivity index (χ0n) is 9.81. The van der Waals surface area contributed by atoms with E-state index in [4.69, 9.17) is 4.74 Å². The Morgan fingerprint density at radius 2 is 2.00 bits per heavy atom. The lowest BCUT2D eigenvalue weighted by Gasteiger charge is -2.06. The molecule has 88 valence electrons. The molecule has 16 heavy (non-hydrogen) atoms. The molecule has 0 bridgehead atoms. The average molecular weight is 238 g/mol. The highest BCUT2D eigenvalue weighted by molar-refractivity contribution is 7.99. The molecule has 0 fully saturated rings. The number of ether oxygens (including phenoxy) is 1. The molecule has 0 aliphatic carbocycles. The summed E-state index contributed by atoms with van der Waals surface area (Å²) in [6.07, 6.45) is 0.496. The van der Waals surface area contributed by atoms with Crippen molar-refractivity contribution < 1.29 is 9.53 Å². The predicted octanol–water partition coefficient (Wildman–Crippen LogP) is 3.26. The molecule has 0 aliphatic rings. The van der Waals surface area contributed by atoms with Crippen LogP contribution >= 0.6 is 11.8 Å². The first-order valence-corrected chi connectivity index (χ1v) is 6.54. The van der Waals surface area contributed by atoms with Gasteiger partial charge in [0.25, 0.3) is 0 Å². The van der Waals surface area contributed by atoms with E-state index in [9.17, 15) is 4.79 Å². The van der Waals surface area contributed by atoms with Gasteiger partial charge in [-0.25, -0.2) is 0 Å². The van der Waals surface area contributed by atoms with Crippen LogP contribution < -0.4 is 0 Å². The second-order valence-corrected chi connectivity index (χ2v) is 5.50. The van der Waals surface area contributed by atoms with Crippen LogP contribution in [0.4, 0.5) is 0 Å². The van der Waals surface area contributed by atoms with Crippen LogP contribution in [0.25, 0.3) is 0 Å².